The molecule has 7 nitrogen and oxygen atoms in total. The van der Waals surface area contributed by atoms with Gasteiger partial charge in [0, 0.05) is 32.1 Å². The lowest BCUT2D eigenvalue weighted by Crippen LogP contribution is -2.43. The van der Waals surface area contributed by atoms with Crippen molar-refractivity contribution in [2.75, 3.05) is 19.6 Å². The van der Waals surface area contributed by atoms with Crippen LogP contribution < -0.4 is 0 Å². The second-order valence-electron chi connectivity index (χ2n) is 7.69. The van der Waals surface area contributed by atoms with E-state index < -0.39 is 0 Å². The minimum atomic E-state index is -0.184. The lowest BCUT2D eigenvalue weighted by Gasteiger charge is -2.33. The molecule has 4 rings (SSSR count). The molecular formula is C18H26N4O3. The Morgan fingerprint density at radius 2 is 1.96 bits per heavy atom. The average Bonchev–Trinajstić information content (AvgIpc) is 3.35. The highest BCUT2D eigenvalue weighted by Gasteiger charge is 2.41. The number of rotatable bonds is 3. The maximum absolute atomic E-state index is 13.0. The molecule has 0 N–H and O–H groups in total. The number of amides is 2. The van der Waals surface area contributed by atoms with E-state index in [0.29, 0.717) is 37.3 Å². The largest absolute Gasteiger partial charge is 0.342 e. The summed E-state index contributed by atoms with van der Waals surface area (Å²) >= 11 is 0. The number of nitrogens with zero attached hydrogens (tertiary/aromatic N) is 4. The van der Waals surface area contributed by atoms with E-state index in [1.165, 1.54) is 12.8 Å². The van der Waals surface area contributed by atoms with Gasteiger partial charge in [-0.15, -0.1) is 0 Å². The number of carbonyl (C=O) groups excluding carboxylic acids is 2. The normalized spacial score (nSPS) is 28.1. The van der Waals surface area contributed by atoms with Crippen LogP contribution in [0.15, 0.2) is 4.52 Å². The Bertz CT molecular complexity index is 653. The maximum Gasteiger partial charge on any atom is 0.231 e. The topological polar surface area (TPSA) is 79.5 Å². The molecule has 2 amide bonds. The van der Waals surface area contributed by atoms with E-state index in [0.717, 1.165) is 32.2 Å². The molecule has 3 aliphatic rings. The predicted molar refractivity (Wildman–Crippen MR) is 89.7 cm³/mol. The molecule has 3 heterocycles. The quantitative estimate of drug-likeness (QED) is 0.835. The third kappa shape index (κ3) is 3.28. The van der Waals surface area contributed by atoms with Crippen molar-refractivity contribution in [3.05, 3.63) is 11.7 Å². The van der Waals surface area contributed by atoms with Gasteiger partial charge in [0.15, 0.2) is 5.82 Å². The molecule has 3 fully saturated rings. The first-order valence-electron chi connectivity index (χ1n) is 9.50. The summed E-state index contributed by atoms with van der Waals surface area (Å²) in [6.45, 7) is 3.79. The number of aryl methyl sites for hydroxylation is 1. The third-order valence-electron chi connectivity index (χ3n) is 5.90. The van der Waals surface area contributed by atoms with Crippen molar-refractivity contribution in [3.63, 3.8) is 0 Å². The molecule has 0 aromatic carbocycles. The SMILES string of the molecule is Cc1noc([C@H]2CCCN(C(=O)[C@@H]3CC(=O)N(C4CCCC4)C3)C2)n1. The van der Waals surface area contributed by atoms with Gasteiger partial charge in [-0.3, -0.25) is 9.59 Å². The molecule has 0 bridgehead atoms. The lowest BCUT2D eigenvalue weighted by atomic mass is 9.96. The van der Waals surface area contributed by atoms with Crippen molar-refractivity contribution >= 4 is 11.8 Å². The molecule has 2 atom stereocenters. The average molecular weight is 346 g/mol. The van der Waals surface area contributed by atoms with E-state index in [1.54, 1.807) is 6.92 Å². The van der Waals surface area contributed by atoms with Gasteiger partial charge in [-0.05, 0) is 32.6 Å². The summed E-state index contributed by atoms with van der Waals surface area (Å²) in [7, 11) is 0. The molecule has 0 radical (unpaired) electrons. The summed E-state index contributed by atoms with van der Waals surface area (Å²) < 4.78 is 5.30. The van der Waals surface area contributed by atoms with E-state index in [4.69, 9.17) is 4.52 Å². The maximum atomic E-state index is 13.0. The molecule has 7 heteroatoms. The predicted octanol–water partition coefficient (Wildman–Crippen LogP) is 1.88. The van der Waals surface area contributed by atoms with Crippen LogP contribution in [0.25, 0.3) is 0 Å². The zero-order valence-electron chi connectivity index (χ0n) is 14.8. The van der Waals surface area contributed by atoms with Gasteiger partial charge >= 0.3 is 0 Å². The fourth-order valence-corrected chi connectivity index (χ4v) is 4.58. The molecule has 2 aliphatic heterocycles. The van der Waals surface area contributed by atoms with Crippen LogP contribution in [-0.4, -0.2) is 57.4 Å². The molecule has 1 saturated carbocycles. The molecule has 0 spiro atoms. The summed E-state index contributed by atoms with van der Waals surface area (Å²) in [5.74, 6) is 1.47. The van der Waals surface area contributed by atoms with Crippen LogP contribution >= 0.6 is 0 Å². The number of aromatic nitrogens is 2. The number of carbonyl (C=O) groups is 2. The van der Waals surface area contributed by atoms with Crippen LogP contribution in [0.5, 0.6) is 0 Å². The zero-order valence-corrected chi connectivity index (χ0v) is 14.8. The van der Waals surface area contributed by atoms with Crippen molar-refractivity contribution in [1.82, 2.24) is 19.9 Å². The number of likely N-dealkylation sites (tertiary alicyclic amines) is 2. The van der Waals surface area contributed by atoms with Crippen LogP contribution in [0.2, 0.25) is 0 Å². The number of piperidine rings is 1. The Labute approximate surface area is 147 Å². The minimum Gasteiger partial charge on any atom is -0.342 e. The summed E-state index contributed by atoms with van der Waals surface area (Å²) in [5.41, 5.74) is 0. The van der Waals surface area contributed by atoms with Gasteiger partial charge in [0.05, 0.1) is 11.8 Å². The minimum absolute atomic E-state index is 0.113. The monoisotopic (exact) mass is 346 g/mol. The fourth-order valence-electron chi connectivity index (χ4n) is 4.58. The van der Waals surface area contributed by atoms with Crippen molar-refractivity contribution in [3.8, 4) is 0 Å². The van der Waals surface area contributed by atoms with Crippen molar-refractivity contribution in [1.29, 1.82) is 0 Å². The van der Waals surface area contributed by atoms with E-state index in [9.17, 15) is 9.59 Å². The van der Waals surface area contributed by atoms with Crippen molar-refractivity contribution in [2.24, 2.45) is 5.92 Å². The van der Waals surface area contributed by atoms with Gasteiger partial charge in [0.2, 0.25) is 17.7 Å². The van der Waals surface area contributed by atoms with Crippen LogP contribution in [-0.2, 0) is 9.59 Å². The van der Waals surface area contributed by atoms with Gasteiger partial charge in [0.25, 0.3) is 0 Å². The van der Waals surface area contributed by atoms with E-state index in [-0.39, 0.29) is 23.7 Å². The van der Waals surface area contributed by atoms with Gasteiger partial charge in [-0.1, -0.05) is 18.0 Å². The number of hydrogen-bond donors (Lipinski definition) is 0. The summed E-state index contributed by atoms with van der Waals surface area (Å²) in [6.07, 6.45) is 6.85. The molecule has 1 aromatic heterocycles. The lowest BCUT2D eigenvalue weighted by molar-refractivity contribution is -0.137. The smallest absolute Gasteiger partial charge is 0.231 e. The first kappa shape index (κ1) is 16.5. The van der Waals surface area contributed by atoms with Crippen LogP contribution in [0, 0.1) is 12.8 Å². The molecule has 1 aliphatic carbocycles. The van der Waals surface area contributed by atoms with Gasteiger partial charge in [-0.2, -0.15) is 4.98 Å². The molecule has 2 saturated heterocycles. The van der Waals surface area contributed by atoms with Crippen LogP contribution in [0.1, 0.15) is 62.6 Å². The van der Waals surface area contributed by atoms with Gasteiger partial charge in [0.1, 0.15) is 0 Å². The molecule has 1 aromatic rings. The van der Waals surface area contributed by atoms with E-state index in [2.05, 4.69) is 10.1 Å². The second-order valence-corrected chi connectivity index (χ2v) is 7.69. The number of hydrogen-bond acceptors (Lipinski definition) is 5. The fraction of sp³-hybridized carbons (Fsp3) is 0.778. The highest BCUT2D eigenvalue weighted by molar-refractivity contribution is 5.89. The molecule has 136 valence electrons. The standard InChI is InChI=1S/C18H26N4O3/c1-12-19-17(25-20-12)13-5-4-8-21(10-13)18(24)14-9-16(23)22(11-14)15-6-2-3-7-15/h13-15H,2-11H2,1H3/t13-,14+/m0/s1. The molecule has 0 unspecified atom stereocenters. The highest BCUT2D eigenvalue weighted by Crippen LogP contribution is 2.32. The van der Waals surface area contributed by atoms with E-state index >= 15 is 0 Å². The first-order chi connectivity index (χ1) is 12.1. The Morgan fingerprint density at radius 3 is 2.68 bits per heavy atom. The summed E-state index contributed by atoms with van der Waals surface area (Å²) in [6, 6.07) is 0.362. The van der Waals surface area contributed by atoms with Crippen LogP contribution in [0.3, 0.4) is 0 Å². The van der Waals surface area contributed by atoms with E-state index in [1.807, 2.05) is 9.80 Å². The van der Waals surface area contributed by atoms with Gasteiger partial charge in [-0.25, -0.2) is 0 Å². The van der Waals surface area contributed by atoms with Crippen LogP contribution in [0.4, 0.5) is 0 Å². The Morgan fingerprint density at radius 1 is 1.16 bits per heavy atom. The summed E-state index contributed by atoms with van der Waals surface area (Å²) in [5, 5.41) is 3.86. The Hall–Kier alpha value is -1.92. The second kappa shape index (κ2) is 6.77. The Balaban J connectivity index is 1.39. The third-order valence-corrected chi connectivity index (χ3v) is 5.90. The van der Waals surface area contributed by atoms with Crippen molar-refractivity contribution in [2.45, 2.75) is 63.8 Å². The highest BCUT2D eigenvalue weighted by atomic mass is 16.5. The first-order valence-corrected chi connectivity index (χ1v) is 9.50. The molecule has 25 heavy (non-hydrogen) atoms. The summed E-state index contributed by atoms with van der Waals surface area (Å²) in [4.78, 5) is 33.5. The van der Waals surface area contributed by atoms with Crippen molar-refractivity contribution < 1.29 is 14.1 Å². The van der Waals surface area contributed by atoms with Gasteiger partial charge < -0.3 is 14.3 Å². The Kier molecular flexibility index (Phi) is 4.48. The zero-order chi connectivity index (χ0) is 17.4. The molecular weight excluding hydrogens is 320 g/mol.